The van der Waals surface area contributed by atoms with Crippen LogP contribution in [-0.2, 0) is 15.1 Å². The predicted octanol–water partition coefficient (Wildman–Crippen LogP) is 3.77. The summed E-state index contributed by atoms with van der Waals surface area (Å²) in [4.78, 5) is 11.6. The maximum Gasteiger partial charge on any atom is 0.433 e. The molecule has 1 aromatic heterocycles. The van der Waals surface area contributed by atoms with Crippen molar-refractivity contribution >= 4 is 5.97 Å². The van der Waals surface area contributed by atoms with Crippen molar-refractivity contribution in [3.63, 3.8) is 0 Å². The first-order valence-corrected chi connectivity index (χ1v) is 6.32. The Balaban J connectivity index is 2.21. The van der Waals surface area contributed by atoms with Gasteiger partial charge >= 0.3 is 12.1 Å². The molecular weight excluding hydrogens is 285 g/mol. The zero-order valence-corrected chi connectivity index (χ0v) is 10.8. The predicted molar refractivity (Wildman–Crippen MR) is 66.3 cm³/mol. The molecule has 6 heteroatoms. The summed E-state index contributed by atoms with van der Waals surface area (Å²) >= 11 is 0. The summed E-state index contributed by atoms with van der Waals surface area (Å²) in [5.41, 5.74) is -2.81. The standard InChI is InChI=1S/C15H11F3O3/c16-15(17,18)14(10-5-2-1-3-6-10)11(9-13(19)21-14)12-7-4-8-20-12/h1-8,11H,9H2/t11-,14-/m0/s1. The van der Waals surface area contributed by atoms with Crippen LogP contribution in [0.1, 0.15) is 23.7 Å². The first-order valence-electron chi connectivity index (χ1n) is 6.32. The van der Waals surface area contributed by atoms with Crippen molar-refractivity contribution < 1.29 is 27.1 Å². The van der Waals surface area contributed by atoms with Crippen molar-refractivity contribution in [1.82, 2.24) is 0 Å². The summed E-state index contributed by atoms with van der Waals surface area (Å²) in [6, 6.07) is 10.1. The van der Waals surface area contributed by atoms with E-state index in [1.807, 2.05) is 0 Å². The molecule has 1 aliphatic heterocycles. The van der Waals surface area contributed by atoms with E-state index < -0.39 is 23.7 Å². The van der Waals surface area contributed by atoms with Gasteiger partial charge in [-0.05, 0) is 12.1 Å². The van der Waals surface area contributed by atoms with Gasteiger partial charge in [0.2, 0.25) is 5.60 Å². The third kappa shape index (κ3) is 2.02. The molecule has 1 aromatic carbocycles. The second-order valence-electron chi connectivity index (χ2n) is 4.85. The van der Waals surface area contributed by atoms with Crippen LogP contribution in [0.4, 0.5) is 13.2 Å². The van der Waals surface area contributed by atoms with E-state index in [9.17, 15) is 18.0 Å². The average Bonchev–Trinajstić information content (AvgIpc) is 3.06. The molecule has 1 saturated heterocycles. The van der Waals surface area contributed by atoms with Crippen molar-refractivity contribution in [3.8, 4) is 0 Å². The van der Waals surface area contributed by atoms with E-state index in [1.54, 1.807) is 6.07 Å². The highest BCUT2D eigenvalue weighted by Gasteiger charge is 2.68. The van der Waals surface area contributed by atoms with Gasteiger partial charge in [0.25, 0.3) is 0 Å². The molecule has 3 rings (SSSR count). The van der Waals surface area contributed by atoms with E-state index in [0.717, 1.165) is 0 Å². The van der Waals surface area contributed by atoms with Gasteiger partial charge in [0.15, 0.2) is 0 Å². The number of ether oxygens (including phenoxy) is 1. The Labute approximate surface area is 118 Å². The van der Waals surface area contributed by atoms with Crippen molar-refractivity contribution in [2.24, 2.45) is 0 Å². The average molecular weight is 296 g/mol. The van der Waals surface area contributed by atoms with Crippen molar-refractivity contribution in [2.45, 2.75) is 24.1 Å². The quantitative estimate of drug-likeness (QED) is 0.792. The second-order valence-corrected chi connectivity index (χ2v) is 4.85. The van der Waals surface area contributed by atoms with Crippen molar-refractivity contribution in [1.29, 1.82) is 0 Å². The number of halogens is 3. The fourth-order valence-electron chi connectivity index (χ4n) is 2.76. The highest BCUT2D eigenvalue weighted by molar-refractivity contribution is 5.75. The molecule has 0 spiro atoms. The van der Waals surface area contributed by atoms with Gasteiger partial charge in [-0.25, -0.2) is 0 Å². The normalized spacial score (nSPS) is 25.9. The van der Waals surface area contributed by atoms with Gasteiger partial charge in [-0.1, -0.05) is 30.3 Å². The fourth-order valence-corrected chi connectivity index (χ4v) is 2.76. The number of rotatable bonds is 2. The summed E-state index contributed by atoms with van der Waals surface area (Å²) in [6.45, 7) is 0. The molecule has 0 bridgehead atoms. The molecule has 3 nitrogen and oxygen atoms in total. The maximum absolute atomic E-state index is 13.8. The Morgan fingerprint density at radius 3 is 2.38 bits per heavy atom. The fraction of sp³-hybridized carbons (Fsp3) is 0.267. The molecule has 0 saturated carbocycles. The lowest BCUT2D eigenvalue weighted by molar-refractivity contribution is -0.270. The van der Waals surface area contributed by atoms with Crippen LogP contribution >= 0.6 is 0 Å². The minimum atomic E-state index is -4.75. The molecule has 0 N–H and O–H groups in total. The Morgan fingerprint density at radius 1 is 1.10 bits per heavy atom. The molecule has 21 heavy (non-hydrogen) atoms. The van der Waals surface area contributed by atoms with Gasteiger partial charge in [-0.2, -0.15) is 13.2 Å². The van der Waals surface area contributed by atoms with Gasteiger partial charge in [0, 0.05) is 5.56 Å². The minimum absolute atomic E-state index is 0.0852. The molecule has 0 aliphatic carbocycles. The third-order valence-corrected chi connectivity index (χ3v) is 3.65. The molecular formula is C15H11F3O3. The lowest BCUT2D eigenvalue weighted by Gasteiger charge is -2.34. The molecule has 2 atom stereocenters. The molecule has 0 amide bonds. The first-order chi connectivity index (χ1) is 9.95. The Bertz CT molecular complexity index is 634. The molecule has 1 fully saturated rings. The summed E-state index contributed by atoms with van der Waals surface area (Å²) < 4.78 is 51.3. The lowest BCUT2D eigenvalue weighted by atomic mass is 9.79. The highest BCUT2D eigenvalue weighted by Crippen LogP contribution is 2.56. The van der Waals surface area contributed by atoms with Gasteiger partial charge in [-0.15, -0.1) is 0 Å². The van der Waals surface area contributed by atoms with Crippen LogP contribution in [0.15, 0.2) is 53.1 Å². The largest absolute Gasteiger partial charge is 0.469 e. The second kappa shape index (κ2) is 4.65. The van der Waals surface area contributed by atoms with Gasteiger partial charge < -0.3 is 9.15 Å². The lowest BCUT2D eigenvalue weighted by Crippen LogP contribution is -2.46. The number of carbonyl (C=O) groups excluding carboxylic acids is 1. The van der Waals surface area contributed by atoms with Crippen LogP contribution in [0, 0.1) is 0 Å². The molecule has 0 radical (unpaired) electrons. The number of esters is 1. The Kier molecular flexibility index (Phi) is 3.04. The van der Waals surface area contributed by atoms with Crippen LogP contribution < -0.4 is 0 Å². The summed E-state index contributed by atoms with van der Waals surface area (Å²) in [7, 11) is 0. The van der Waals surface area contributed by atoms with Crippen LogP contribution in [0.25, 0.3) is 0 Å². The van der Waals surface area contributed by atoms with Crippen LogP contribution in [0.3, 0.4) is 0 Å². The number of furan rings is 1. The van der Waals surface area contributed by atoms with Gasteiger partial charge in [0.1, 0.15) is 5.76 Å². The number of cyclic esters (lactones) is 1. The van der Waals surface area contributed by atoms with E-state index >= 15 is 0 Å². The molecule has 2 aromatic rings. The van der Waals surface area contributed by atoms with Crippen molar-refractivity contribution in [2.75, 3.05) is 0 Å². The topological polar surface area (TPSA) is 39.4 Å². The first kappa shape index (κ1) is 13.7. The Morgan fingerprint density at radius 2 is 1.81 bits per heavy atom. The SMILES string of the molecule is O=C1C[C@@H](c2ccco2)[C@@](c2ccccc2)(C(F)(F)F)O1. The summed E-state index contributed by atoms with van der Waals surface area (Å²) in [6.07, 6.45) is -3.84. The van der Waals surface area contributed by atoms with Gasteiger partial charge in [-0.3, -0.25) is 4.79 Å². The molecule has 0 unspecified atom stereocenters. The van der Waals surface area contributed by atoms with Gasteiger partial charge in [0.05, 0.1) is 18.6 Å². The number of hydrogen-bond donors (Lipinski definition) is 0. The number of carbonyl (C=O) groups is 1. The monoisotopic (exact) mass is 296 g/mol. The molecule has 1 aliphatic rings. The summed E-state index contributed by atoms with van der Waals surface area (Å²) in [5, 5.41) is 0. The number of alkyl halides is 3. The number of hydrogen-bond acceptors (Lipinski definition) is 3. The smallest absolute Gasteiger partial charge is 0.433 e. The minimum Gasteiger partial charge on any atom is -0.469 e. The summed E-state index contributed by atoms with van der Waals surface area (Å²) in [5.74, 6) is -2.04. The maximum atomic E-state index is 13.8. The van der Waals surface area contributed by atoms with E-state index in [4.69, 9.17) is 9.15 Å². The number of benzene rings is 1. The van der Waals surface area contributed by atoms with E-state index in [-0.39, 0.29) is 17.7 Å². The van der Waals surface area contributed by atoms with E-state index in [0.29, 0.717) is 0 Å². The highest BCUT2D eigenvalue weighted by atomic mass is 19.4. The van der Waals surface area contributed by atoms with Crippen LogP contribution in [0.2, 0.25) is 0 Å². The van der Waals surface area contributed by atoms with E-state index in [2.05, 4.69) is 0 Å². The molecule has 110 valence electrons. The zero-order valence-electron chi connectivity index (χ0n) is 10.8. The third-order valence-electron chi connectivity index (χ3n) is 3.65. The zero-order chi connectivity index (χ0) is 15.1. The molecule has 2 heterocycles. The van der Waals surface area contributed by atoms with E-state index in [1.165, 1.54) is 42.7 Å². The van der Waals surface area contributed by atoms with Crippen LogP contribution in [0.5, 0.6) is 0 Å². The van der Waals surface area contributed by atoms with Crippen LogP contribution in [-0.4, -0.2) is 12.1 Å². The van der Waals surface area contributed by atoms with Crippen molar-refractivity contribution in [3.05, 3.63) is 60.1 Å². The Hall–Kier alpha value is -2.24.